The first-order valence-corrected chi connectivity index (χ1v) is 16.0. The Balaban J connectivity index is 1.06. The van der Waals surface area contributed by atoms with Gasteiger partial charge in [0.15, 0.2) is 0 Å². The van der Waals surface area contributed by atoms with E-state index in [0.29, 0.717) is 0 Å². The standard InChI is InChI=1S/C44H31NO/c1-3-9-30(10-4-1)32-15-16-35-29-39(24-19-34(35)27-32)45(37-11-5-2-6-12-37)38-22-17-31(18-23-38)33-20-25-40-36(28-33)21-26-43-44(40)41-13-7-8-14-42(41)46-43/h1-20,22-25,27-29H,21,26H2. The largest absolute Gasteiger partial charge is 0.460 e. The molecule has 0 radical (unpaired) electrons. The molecule has 0 atom stereocenters. The van der Waals surface area contributed by atoms with Gasteiger partial charge < -0.3 is 9.32 Å². The van der Waals surface area contributed by atoms with Crippen molar-refractivity contribution in [3.8, 4) is 33.4 Å². The molecule has 0 bridgehead atoms. The molecule has 218 valence electrons. The van der Waals surface area contributed by atoms with Crippen molar-refractivity contribution in [2.24, 2.45) is 0 Å². The van der Waals surface area contributed by atoms with Crippen molar-refractivity contribution >= 4 is 38.8 Å². The molecule has 0 unspecified atom stereocenters. The molecular weight excluding hydrogens is 558 g/mol. The molecule has 0 amide bonds. The smallest absolute Gasteiger partial charge is 0.134 e. The first-order chi connectivity index (χ1) is 22.8. The Kier molecular flexibility index (Phi) is 6.31. The van der Waals surface area contributed by atoms with Crippen LogP contribution in [0.1, 0.15) is 11.3 Å². The number of rotatable bonds is 5. The lowest BCUT2D eigenvalue weighted by Gasteiger charge is -2.26. The minimum Gasteiger partial charge on any atom is -0.460 e. The second-order valence-corrected chi connectivity index (χ2v) is 12.1. The molecule has 7 aromatic carbocycles. The normalized spacial score (nSPS) is 12.2. The van der Waals surface area contributed by atoms with E-state index < -0.39 is 0 Å². The maximum Gasteiger partial charge on any atom is 0.134 e. The van der Waals surface area contributed by atoms with Gasteiger partial charge in [-0.15, -0.1) is 0 Å². The fourth-order valence-electron chi connectivity index (χ4n) is 7.05. The van der Waals surface area contributed by atoms with Gasteiger partial charge in [0.2, 0.25) is 0 Å². The quantitative estimate of drug-likeness (QED) is 0.199. The van der Waals surface area contributed by atoms with Crippen LogP contribution in [0.15, 0.2) is 168 Å². The number of aryl methyl sites for hydroxylation is 2. The molecule has 0 N–H and O–H groups in total. The Morgan fingerprint density at radius 2 is 1.04 bits per heavy atom. The number of anilines is 3. The van der Waals surface area contributed by atoms with Gasteiger partial charge in [0, 0.05) is 34.4 Å². The number of benzene rings is 7. The molecule has 1 heterocycles. The lowest BCUT2D eigenvalue weighted by molar-refractivity contribution is 0.546. The van der Waals surface area contributed by atoms with Crippen molar-refractivity contribution in [1.29, 1.82) is 0 Å². The highest BCUT2D eigenvalue weighted by atomic mass is 16.3. The van der Waals surface area contributed by atoms with Crippen LogP contribution >= 0.6 is 0 Å². The summed E-state index contributed by atoms with van der Waals surface area (Å²) in [6.45, 7) is 0. The van der Waals surface area contributed by atoms with Crippen LogP contribution < -0.4 is 4.90 Å². The Labute approximate surface area is 268 Å². The van der Waals surface area contributed by atoms with Crippen LogP contribution in [0.25, 0.3) is 55.1 Å². The van der Waals surface area contributed by atoms with Gasteiger partial charge in [-0.3, -0.25) is 0 Å². The topological polar surface area (TPSA) is 16.4 Å². The van der Waals surface area contributed by atoms with Gasteiger partial charge in [-0.1, -0.05) is 115 Å². The number of hydrogen-bond acceptors (Lipinski definition) is 2. The maximum atomic E-state index is 6.21. The summed E-state index contributed by atoms with van der Waals surface area (Å²) in [5, 5.41) is 3.66. The molecule has 0 aliphatic heterocycles. The summed E-state index contributed by atoms with van der Waals surface area (Å²) < 4.78 is 6.21. The highest BCUT2D eigenvalue weighted by Crippen LogP contribution is 2.43. The lowest BCUT2D eigenvalue weighted by Crippen LogP contribution is -2.09. The molecule has 0 spiro atoms. The summed E-state index contributed by atoms with van der Waals surface area (Å²) in [5.41, 5.74) is 13.3. The first-order valence-electron chi connectivity index (χ1n) is 16.0. The third-order valence-electron chi connectivity index (χ3n) is 9.33. The van der Waals surface area contributed by atoms with E-state index in [2.05, 4.69) is 163 Å². The predicted octanol–water partition coefficient (Wildman–Crippen LogP) is 12.2. The van der Waals surface area contributed by atoms with E-state index in [1.165, 1.54) is 55.1 Å². The molecule has 9 rings (SSSR count). The van der Waals surface area contributed by atoms with E-state index in [-0.39, 0.29) is 0 Å². The van der Waals surface area contributed by atoms with Gasteiger partial charge in [-0.25, -0.2) is 0 Å². The molecule has 46 heavy (non-hydrogen) atoms. The highest BCUT2D eigenvalue weighted by molar-refractivity contribution is 5.98. The van der Waals surface area contributed by atoms with Gasteiger partial charge in [-0.2, -0.15) is 0 Å². The minimum absolute atomic E-state index is 0.935. The summed E-state index contributed by atoms with van der Waals surface area (Å²) in [6, 6.07) is 59.0. The van der Waals surface area contributed by atoms with Crippen LogP contribution in [0.2, 0.25) is 0 Å². The van der Waals surface area contributed by atoms with Gasteiger partial charge in [-0.05, 0) is 99.1 Å². The van der Waals surface area contributed by atoms with Crippen molar-refractivity contribution in [3.63, 3.8) is 0 Å². The van der Waals surface area contributed by atoms with Crippen LogP contribution in [0.5, 0.6) is 0 Å². The van der Waals surface area contributed by atoms with Gasteiger partial charge in [0.25, 0.3) is 0 Å². The highest BCUT2D eigenvalue weighted by Gasteiger charge is 2.23. The zero-order valence-electron chi connectivity index (χ0n) is 25.4. The maximum absolute atomic E-state index is 6.21. The lowest BCUT2D eigenvalue weighted by atomic mass is 9.86. The second-order valence-electron chi connectivity index (χ2n) is 12.1. The summed E-state index contributed by atoms with van der Waals surface area (Å²) in [4.78, 5) is 2.34. The Morgan fingerprint density at radius 1 is 0.435 bits per heavy atom. The zero-order chi connectivity index (χ0) is 30.5. The van der Waals surface area contributed by atoms with Crippen molar-refractivity contribution in [2.75, 3.05) is 4.90 Å². The van der Waals surface area contributed by atoms with Crippen LogP contribution in [0, 0.1) is 0 Å². The number of furan rings is 1. The molecule has 8 aromatic rings. The van der Waals surface area contributed by atoms with Crippen molar-refractivity contribution < 1.29 is 4.42 Å². The van der Waals surface area contributed by atoms with E-state index in [9.17, 15) is 0 Å². The van der Waals surface area contributed by atoms with E-state index in [0.717, 1.165) is 41.2 Å². The van der Waals surface area contributed by atoms with Crippen LogP contribution in [-0.4, -0.2) is 0 Å². The fourth-order valence-corrected chi connectivity index (χ4v) is 7.05. The molecule has 0 fully saturated rings. The summed E-state index contributed by atoms with van der Waals surface area (Å²) in [6.07, 6.45) is 1.93. The van der Waals surface area contributed by atoms with Crippen LogP contribution in [0.3, 0.4) is 0 Å². The molecule has 2 nitrogen and oxygen atoms in total. The summed E-state index contributed by atoms with van der Waals surface area (Å²) in [7, 11) is 0. The molecule has 1 aliphatic carbocycles. The third-order valence-corrected chi connectivity index (χ3v) is 9.33. The SMILES string of the molecule is c1ccc(-c2ccc3cc(N(c4ccccc4)c4ccc(-c5ccc6c(c5)CCc5oc7ccccc7c5-6)cc4)ccc3c2)cc1. The Bertz CT molecular complexity index is 2350. The van der Waals surface area contributed by atoms with E-state index in [1.807, 2.05) is 6.07 Å². The van der Waals surface area contributed by atoms with E-state index in [1.54, 1.807) is 0 Å². The number of hydrogen-bond donors (Lipinski definition) is 0. The molecule has 0 saturated carbocycles. The molecule has 1 aromatic heterocycles. The Hall–Kier alpha value is -5.86. The van der Waals surface area contributed by atoms with E-state index in [4.69, 9.17) is 4.42 Å². The third kappa shape index (κ3) is 4.58. The minimum atomic E-state index is 0.935. The number of nitrogens with zero attached hydrogens (tertiary/aromatic N) is 1. The van der Waals surface area contributed by atoms with Crippen LogP contribution in [0.4, 0.5) is 17.1 Å². The summed E-state index contributed by atoms with van der Waals surface area (Å²) >= 11 is 0. The molecule has 2 heteroatoms. The average Bonchev–Trinajstić information content (AvgIpc) is 3.52. The predicted molar refractivity (Wildman–Crippen MR) is 192 cm³/mol. The monoisotopic (exact) mass is 589 g/mol. The number of fused-ring (bicyclic) bond motifs is 6. The number of para-hydroxylation sites is 2. The van der Waals surface area contributed by atoms with Crippen molar-refractivity contribution in [2.45, 2.75) is 12.8 Å². The summed E-state index contributed by atoms with van der Waals surface area (Å²) in [5.74, 6) is 1.11. The van der Waals surface area contributed by atoms with Crippen molar-refractivity contribution in [1.82, 2.24) is 0 Å². The first kappa shape index (κ1) is 26.5. The van der Waals surface area contributed by atoms with Crippen molar-refractivity contribution in [3.05, 3.63) is 175 Å². The van der Waals surface area contributed by atoms with Crippen LogP contribution in [-0.2, 0) is 12.8 Å². The molecular formula is C44H31NO. The van der Waals surface area contributed by atoms with Gasteiger partial charge >= 0.3 is 0 Å². The zero-order valence-corrected chi connectivity index (χ0v) is 25.4. The van der Waals surface area contributed by atoms with Gasteiger partial charge in [0.1, 0.15) is 11.3 Å². The Morgan fingerprint density at radius 3 is 1.89 bits per heavy atom. The second kappa shape index (κ2) is 10.9. The van der Waals surface area contributed by atoms with Gasteiger partial charge in [0.05, 0.1) is 0 Å². The fraction of sp³-hybridized carbons (Fsp3) is 0.0455. The van der Waals surface area contributed by atoms with E-state index >= 15 is 0 Å². The molecule has 1 aliphatic rings. The molecule has 0 saturated heterocycles. The average molecular weight is 590 g/mol.